The van der Waals surface area contributed by atoms with Gasteiger partial charge in [-0.1, -0.05) is 20.3 Å². The molecule has 0 aliphatic carbocycles. The Morgan fingerprint density at radius 3 is 2.74 bits per heavy atom. The van der Waals surface area contributed by atoms with E-state index >= 15 is 0 Å². The van der Waals surface area contributed by atoms with E-state index in [-0.39, 0.29) is 0 Å². The lowest BCUT2D eigenvalue weighted by molar-refractivity contribution is 0.550. The first-order valence-corrected chi connectivity index (χ1v) is 6.91. The molecule has 1 atom stereocenters. The average Bonchev–Trinajstić information content (AvgIpc) is 2.84. The van der Waals surface area contributed by atoms with Crippen LogP contribution in [-0.4, -0.2) is 21.1 Å². The number of aromatic nitrogens is 3. The molecule has 2 rings (SSSR count). The first kappa shape index (κ1) is 13.6. The van der Waals surface area contributed by atoms with Gasteiger partial charge in [-0.25, -0.2) is 9.97 Å². The molecule has 0 fully saturated rings. The first-order chi connectivity index (χ1) is 9.20. The zero-order valence-corrected chi connectivity index (χ0v) is 11.9. The van der Waals surface area contributed by atoms with Crippen LogP contribution >= 0.6 is 0 Å². The fraction of sp³-hybridized carbons (Fsp3) is 0.467. The Balaban J connectivity index is 1.97. The van der Waals surface area contributed by atoms with Crippen LogP contribution in [-0.2, 0) is 0 Å². The number of imidazole rings is 1. The summed E-state index contributed by atoms with van der Waals surface area (Å²) in [6, 6.07) is 4.09. The normalized spacial score (nSPS) is 12.4. The highest BCUT2D eigenvalue weighted by Crippen LogP contribution is 2.13. The van der Waals surface area contributed by atoms with E-state index < -0.39 is 0 Å². The van der Waals surface area contributed by atoms with E-state index in [0.29, 0.717) is 5.92 Å². The van der Waals surface area contributed by atoms with E-state index in [4.69, 9.17) is 0 Å². The molecule has 1 N–H and O–H groups in total. The molecule has 4 nitrogen and oxygen atoms in total. The number of nitrogens with zero attached hydrogens (tertiary/aromatic N) is 3. The second-order valence-corrected chi connectivity index (χ2v) is 5.02. The van der Waals surface area contributed by atoms with Gasteiger partial charge < -0.3 is 5.32 Å². The van der Waals surface area contributed by atoms with Crippen LogP contribution in [0.2, 0.25) is 0 Å². The van der Waals surface area contributed by atoms with Gasteiger partial charge in [0.05, 0.1) is 11.9 Å². The zero-order valence-electron chi connectivity index (χ0n) is 11.9. The van der Waals surface area contributed by atoms with Crippen molar-refractivity contribution in [2.45, 2.75) is 33.6 Å². The standard InChI is InChI=1S/C15H22N4/c1-4-5-12(2)10-17-14-6-7-15(18-11-14)19-9-8-16-13(19)3/h6-9,11-12,17H,4-5,10H2,1-3H3. The fourth-order valence-electron chi connectivity index (χ4n) is 2.14. The molecule has 0 amide bonds. The van der Waals surface area contributed by atoms with E-state index in [1.165, 1.54) is 12.8 Å². The highest BCUT2D eigenvalue weighted by molar-refractivity contribution is 5.43. The van der Waals surface area contributed by atoms with E-state index in [9.17, 15) is 0 Å². The van der Waals surface area contributed by atoms with Crippen molar-refractivity contribution in [2.24, 2.45) is 5.92 Å². The van der Waals surface area contributed by atoms with Gasteiger partial charge in [-0.05, 0) is 31.4 Å². The summed E-state index contributed by atoms with van der Waals surface area (Å²) >= 11 is 0. The van der Waals surface area contributed by atoms with Gasteiger partial charge in [0, 0.05) is 18.9 Å². The van der Waals surface area contributed by atoms with Crippen LogP contribution in [0.3, 0.4) is 0 Å². The fourth-order valence-corrected chi connectivity index (χ4v) is 2.14. The van der Waals surface area contributed by atoms with Gasteiger partial charge in [0.25, 0.3) is 0 Å². The topological polar surface area (TPSA) is 42.7 Å². The van der Waals surface area contributed by atoms with E-state index in [1.54, 1.807) is 6.20 Å². The minimum absolute atomic E-state index is 0.695. The van der Waals surface area contributed by atoms with Crippen LogP contribution in [0.15, 0.2) is 30.7 Å². The highest BCUT2D eigenvalue weighted by atomic mass is 15.1. The van der Waals surface area contributed by atoms with Crippen molar-refractivity contribution in [3.8, 4) is 5.82 Å². The molecular weight excluding hydrogens is 236 g/mol. The third-order valence-electron chi connectivity index (χ3n) is 3.26. The molecule has 0 aliphatic heterocycles. The Bertz CT molecular complexity index is 501. The molecule has 2 heterocycles. The summed E-state index contributed by atoms with van der Waals surface area (Å²) in [5, 5.41) is 3.43. The molecule has 0 saturated heterocycles. The van der Waals surface area contributed by atoms with Crippen molar-refractivity contribution in [1.82, 2.24) is 14.5 Å². The summed E-state index contributed by atoms with van der Waals surface area (Å²) in [4.78, 5) is 8.67. The molecule has 0 aliphatic rings. The molecule has 2 aromatic rings. The summed E-state index contributed by atoms with van der Waals surface area (Å²) in [7, 11) is 0. The van der Waals surface area contributed by atoms with Crippen molar-refractivity contribution < 1.29 is 0 Å². The van der Waals surface area contributed by atoms with Gasteiger partial charge in [0.15, 0.2) is 0 Å². The van der Waals surface area contributed by atoms with Gasteiger partial charge in [0.1, 0.15) is 11.6 Å². The Labute approximate surface area is 114 Å². The minimum Gasteiger partial charge on any atom is -0.384 e. The molecule has 4 heteroatoms. The molecule has 102 valence electrons. The molecular formula is C15H22N4. The third kappa shape index (κ3) is 3.56. The highest BCUT2D eigenvalue weighted by Gasteiger charge is 2.03. The van der Waals surface area contributed by atoms with Gasteiger partial charge in [-0.15, -0.1) is 0 Å². The number of nitrogens with one attached hydrogen (secondary N) is 1. The zero-order chi connectivity index (χ0) is 13.7. The second kappa shape index (κ2) is 6.36. The van der Waals surface area contributed by atoms with Crippen molar-refractivity contribution in [3.05, 3.63) is 36.5 Å². The van der Waals surface area contributed by atoms with Crippen molar-refractivity contribution >= 4 is 5.69 Å². The largest absolute Gasteiger partial charge is 0.384 e. The minimum atomic E-state index is 0.695. The predicted octanol–water partition coefficient (Wildman–Crippen LogP) is 3.42. The molecule has 2 aromatic heterocycles. The second-order valence-electron chi connectivity index (χ2n) is 5.02. The first-order valence-electron chi connectivity index (χ1n) is 6.91. The van der Waals surface area contributed by atoms with Crippen LogP contribution in [0.4, 0.5) is 5.69 Å². The summed E-state index contributed by atoms with van der Waals surface area (Å²) in [6.45, 7) is 7.46. The van der Waals surface area contributed by atoms with Crippen LogP contribution in [0.25, 0.3) is 5.82 Å². The molecule has 0 bridgehead atoms. The van der Waals surface area contributed by atoms with Crippen LogP contribution in [0.5, 0.6) is 0 Å². The monoisotopic (exact) mass is 258 g/mol. The maximum atomic E-state index is 4.47. The van der Waals surface area contributed by atoms with Gasteiger partial charge in [0.2, 0.25) is 0 Å². The average molecular weight is 258 g/mol. The maximum absolute atomic E-state index is 4.47. The number of hydrogen-bond acceptors (Lipinski definition) is 3. The molecule has 19 heavy (non-hydrogen) atoms. The molecule has 1 unspecified atom stereocenters. The lowest BCUT2D eigenvalue weighted by atomic mass is 10.1. The predicted molar refractivity (Wildman–Crippen MR) is 78.7 cm³/mol. The third-order valence-corrected chi connectivity index (χ3v) is 3.26. The van der Waals surface area contributed by atoms with E-state index in [1.807, 2.05) is 30.0 Å². The smallest absolute Gasteiger partial charge is 0.138 e. The molecule has 0 radical (unpaired) electrons. The maximum Gasteiger partial charge on any atom is 0.138 e. The number of aryl methyl sites for hydroxylation is 1. The van der Waals surface area contributed by atoms with Gasteiger partial charge in [-0.3, -0.25) is 4.57 Å². The number of rotatable bonds is 6. The molecule has 0 spiro atoms. The van der Waals surface area contributed by atoms with Crippen molar-refractivity contribution in [2.75, 3.05) is 11.9 Å². The summed E-state index contributed by atoms with van der Waals surface area (Å²) < 4.78 is 1.98. The van der Waals surface area contributed by atoms with Crippen LogP contribution < -0.4 is 5.32 Å². The quantitative estimate of drug-likeness (QED) is 0.863. The summed E-state index contributed by atoms with van der Waals surface area (Å²) in [5.41, 5.74) is 1.07. The van der Waals surface area contributed by atoms with Crippen LogP contribution in [0.1, 0.15) is 32.5 Å². The molecule has 0 saturated carbocycles. The number of pyridine rings is 1. The van der Waals surface area contributed by atoms with E-state index in [0.717, 1.165) is 23.9 Å². The van der Waals surface area contributed by atoms with E-state index in [2.05, 4.69) is 35.2 Å². The number of hydrogen-bond donors (Lipinski definition) is 1. The van der Waals surface area contributed by atoms with Gasteiger partial charge >= 0.3 is 0 Å². The van der Waals surface area contributed by atoms with Crippen molar-refractivity contribution in [1.29, 1.82) is 0 Å². The Kier molecular flexibility index (Phi) is 4.55. The van der Waals surface area contributed by atoms with Crippen molar-refractivity contribution in [3.63, 3.8) is 0 Å². The Hall–Kier alpha value is -1.84. The Morgan fingerprint density at radius 2 is 2.16 bits per heavy atom. The van der Waals surface area contributed by atoms with Crippen LogP contribution in [0, 0.1) is 12.8 Å². The Morgan fingerprint density at radius 1 is 1.32 bits per heavy atom. The summed E-state index contributed by atoms with van der Waals surface area (Å²) in [6.07, 6.45) is 8.09. The summed E-state index contributed by atoms with van der Waals surface area (Å²) in [5.74, 6) is 2.55. The lowest BCUT2D eigenvalue weighted by Crippen LogP contribution is -2.11. The number of anilines is 1. The SMILES string of the molecule is CCCC(C)CNc1ccc(-n2ccnc2C)nc1. The van der Waals surface area contributed by atoms with Gasteiger partial charge in [-0.2, -0.15) is 0 Å². The lowest BCUT2D eigenvalue weighted by Gasteiger charge is -2.12. The molecule has 0 aromatic carbocycles.